The van der Waals surface area contributed by atoms with E-state index in [4.69, 9.17) is 4.42 Å². The molecule has 8 nitrogen and oxygen atoms in total. The Bertz CT molecular complexity index is 863. The van der Waals surface area contributed by atoms with Gasteiger partial charge >= 0.3 is 6.03 Å². The van der Waals surface area contributed by atoms with E-state index in [9.17, 15) is 4.79 Å². The molecule has 0 saturated carbocycles. The maximum atomic E-state index is 12.1. The second-order valence-corrected chi connectivity index (χ2v) is 5.58. The smallest absolute Gasteiger partial charge is 0.319 e. The lowest BCUT2D eigenvalue weighted by Crippen LogP contribution is -2.29. The minimum absolute atomic E-state index is 0.303. The van der Waals surface area contributed by atoms with Crippen LogP contribution in [0.4, 0.5) is 10.5 Å². The molecule has 3 rings (SSSR count). The van der Waals surface area contributed by atoms with E-state index in [1.54, 1.807) is 12.4 Å². The topological polar surface area (TPSA) is 97.9 Å². The summed E-state index contributed by atoms with van der Waals surface area (Å²) in [5, 5.41) is 13.4. The highest BCUT2D eigenvalue weighted by atomic mass is 16.4. The van der Waals surface area contributed by atoms with Crippen LogP contribution >= 0.6 is 0 Å². The predicted octanol–water partition coefficient (Wildman–Crippen LogP) is 2.89. The number of urea groups is 1. The van der Waals surface area contributed by atoms with Crippen LogP contribution in [0.2, 0.25) is 0 Å². The summed E-state index contributed by atoms with van der Waals surface area (Å²) in [5.41, 5.74) is 2.31. The number of aromatic nitrogens is 4. The van der Waals surface area contributed by atoms with E-state index in [1.807, 2.05) is 43.5 Å². The number of nitrogens with zero attached hydrogens (tertiary/aromatic N) is 4. The Balaban J connectivity index is 1.64. The zero-order chi connectivity index (χ0) is 17.8. The van der Waals surface area contributed by atoms with Crippen LogP contribution < -0.4 is 10.6 Å². The van der Waals surface area contributed by atoms with Crippen LogP contribution in [0.5, 0.6) is 0 Å². The summed E-state index contributed by atoms with van der Waals surface area (Å²) < 4.78 is 7.49. The van der Waals surface area contributed by atoms with E-state index in [1.165, 1.54) is 0 Å². The summed E-state index contributed by atoms with van der Waals surface area (Å²) in [4.78, 5) is 16.5. The van der Waals surface area contributed by atoms with Crippen molar-refractivity contribution in [3.8, 4) is 11.5 Å². The Morgan fingerprint density at radius 3 is 2.88 bits per heavy atom. The molecule has 2 N–H and O–H groups in total. The van der Waals surface area contributed by atoms with Crippen molar-refractivity contribution in [2.45, 2.75) is 33.9 Å². The molecular formula is C17H20N6O2. The monoisotopic (exact) mass is 340 g/mol. The van der Waals surface area contributed by atoms with Gasteiger partial charge in [0.1, 0.15) is 12.1 Å². The Labute approximate surface area is 145 Å². The second kappa shape index (κ2) is 7.16. The maximum Gasteiger partial charge on any atom is 0.319 e. The summed E-state index contributed by atoms with van der Waals surface area (Å²) in [6.07, 6.45) is 1.64. The van der Waals surface area contributed by atoms with E-state index in [-0.39, 0.29) is 6.03 Å². The Hall–Kier alpha value is -3.16. The van der Waals surface area contributed by atoms with Crippen LogP contribution in [0.15, 0.2) is 35.0 Å². The Kier molecular flexibility index (Phi) is 4.78. The molecule has 1 aromatic carbocycles. The Morgan fingerprint density at radius 2 is 2.16 bits per heavy atom. The number of oxazole rings is 1. The lowest BCUT2D eigenvalue weighted by molar-refractivity contribution is 0.251. The van der Waals surface area contributed by atoms with Crippen molar-refractivity contribution >= 4 is 11.7 Å². The number of carbonyl (C=O) groups excluding carboxylic acids is 1. The lowest BCUT2D eigenvalue weighted by atomic mass is 10.2. The van der Waals surface area contributed by atoms with Gasteiger partial charge in [-0.1, -0.05) is 6.07 Å². The maximum absolute atomic E-state index is 12.1. The van der Waals surface area contributed by atoms with Gasteiger partial charge in [0.25, 0.3) is 0 Å². The van der Waals surface area contributed by atoms with Crippen LogP contribution in [0.1, 0.15) is 24.2 Å². The van der Waals surface area contributed by atoms with Crippen molar-refractivity contribution in [2.24, 2.45) is 0 Å². The van der Waals surface area contributed by atoms with Crippen molar-refractivity contribution in [1.29, 1.82) is 0 Å². The largest absolute Gasteiger partial charge is 0.441 e. The number of hydrogen-bond acceptors (Lipinski definition) is 5. The summed E-state index contributed by atoms with van der Waals surface area (Å²) in [6, 6.07) is 7.03. The highest BCUT2D eigenvalue weighted by molar-refractivity contribution is 5.89. The molecule has 0 spiro atoms. The fourth-order valence-electron chi connectivity index (χ4n) is 2.34. The van der Waals surface area contributed by atoms with Crippen LogP contribution in [-0.2, 0) is 13.1 Å². The van der Waals surface area contributed by atoms with Gasteiger partial charge < -0.3 is 19.6 Å². The fraction of sp³-hybridized carbons (Fsp3) is 0.294. The van der Waals surface area contributed by atoms with Crippen LogP contribution in [0, 0.1) is 13.8 Å². The van der Waals surface area contributed by atoms with Crippen LogP contribution in [0.3, 0.4) is 0 Å². The minimum Gasteiger partial charge on any atom is -0.441 e. The first-order chi connectivity index (χ1) is 12.1. The molecule has 2 amide bonds. The number of aryl methyl sites for hydroxylation is 3. The summed E-state index contributed by atoms with van der Waals surface area (Å²) in [6.45, 7) is 6.81. The van der Waals surface area contributed by atoms with Gasteiger partial charge in [-0.3, -0.25) is 0 Å². The molecule has 0 aliphatic carbocycles. The molecule has 0 saturated heterocycles. The van der Waals surface area contributed by atoms with Gasteiger partial charge in [-0.15, -0.1) is 10.2 Å². The third kappa shape index (κ3) is 3.85. The molecule has 8 heteroatoms. The van der Waals surface area contributed by atoms with E-state index >= 15 is 0 Å². The fourth-order valence-corrected chi connectivity index (χ4v) is 2.34. The highest BCUT2D eigenvalue weighted by Gasteiger charge is 2.10. The molecule has 0 fully saturated rings. The molecule has 25 heavy (non-hydrogen) atoms. The molecule has 0 bridgehead atoms. The standard InChI is InChI=1S/C17H20N6O2/c1-4-23-10-19-22-15(23)9-18-17(24)21-14-7-5-6-13(8-14)16-20-11(2)12(3)25-16/h5-8,10H,4,9H2,1-3H3,(H2,18,21,24). The normalized spacial score (nSPS) is 10.7. The predicted molar refractivity (Wildman–Crippen MR) is 93.0 cm³/mol. The number of carbonyl (C=O) groups is 1. The number of benzene rings is 1. The van der Waals surface area contributed by atoms with Crippen molar-refractivity contribution in [3.05, 3.63) is 47.9 Å². The SMILES string of the molecule is CCn1cnnc1CNC(=O)Nc1cccc(-c2nc(C)c(C)o2)c1. The van der Waals surface area contributed by atoms with E-state index < -0.39 is 0 Å². The molecule has 0 aliphatic heterocycles. The number of nitrogens with one attached hydrogen (secondary N) is 2. The first-order valence-electron chi connectivity index (χ1n) is 8.03. The average Bonchev–Trinajstić information content (AvgIpc) is 3.19. The van der Waals surface area contributed by atoms with Crippen molar-refractivity contribution < 1.29 is 9.21 Å². The zero-order valence-corrected chi connectivity index (χ0v) is 14.4. The second-order valence-electron chi connectivity index (χ2n) is 5.58. The summed E-state index contributed by atoms with van der Waals surface area (Å²) >= 11 is 0. The first-order valence-corrected chi connectivity index (χ1v) is 8.03. The molecule has 0 aliphatic rings. The van der Waals surface area contributed by atoms with Gasteiger partial charge in [0, 0.05) is 17.8 Å². The van der Waals surface area contributed by atoms with E-state index in [2.05, 4.69) is 25.8 Å². The lowest BCUT2D eigenvalue weighted by Gasteiger charge is -2.08. The van der Waals surface area contributed by atoms with Crippen molar-refractivity contribution in [2.75, 3.05) is 5.32 Å². The molecule has 0 radical (unpaired) electrons. The number of amides is 2. The van der Waals surface area contributed by atoms with E-state index in [0.29, 0.717) is 23.9 Å². The third-order valence-electron chi connectivity index (χ3n) is 3.84. The molecule has 3 aromatic rings. The average molecular weight is 340 g/mol. The zero-order valence-electron chi connectivity index (χ0n) is 14.4. The van der Waals surface area contributed by atoms with Crippen molar-refractivity contribution in [1.82, 2.24) is 25.1 Å². The van der Waals surface area contributed by atoms with Gasteiger partial charge in [-0.05, 0) is 39.0 Å². The van der Waals surface area contributed by atoms with E-state index in [0.717, 1.165) is 23.6 Å². The molecule has 130 valence electrons. The quantitative estimate of drug-likeness (QED) is 0.744. The van der Waals surface area contributed by atoms with Gasteiger partial charge in [0.15, 0.2) is 5.82 Å². The van der Waals surface area contributed by atoms with Crippen LogP contribution in [0.25, 0.3) is 11.5 Å². The summed E-state index contributed by atoms with van der Waals surface area (Å²) in [7, 11) is 0. The van der Waals surface area contributed by atoms with Crippen molar-refractivity contribution in [3.63, 3.8) is 0 Å². The summed E-state index contributed by atoms with van der Waals surface area (Å²) in [5.74, 6) is 2.03. The molecule has 2 heterocycles. The van der Waals surface area contributed by atoms with Gasteiger partial charge in [0.2, 0.25) is 5.89 Å². The molecule has 2 aromatic heterocycles. The number of rotatable bonds is 5. The molecule has 0 atom stereocenters. The first kappa shape index (κ1) is 16.7. The number of anilines is 1. The van der Waals surface area contributed by atoms with Gasteiger partial charge in [-0.25, -0.2) is 9.78 Å². The van der Waals surface area contributed by atoms with Gasteiger partial charge in [0.05, 0.1) is 12.2 Å². The Morgan fingerprint density at radius 1 is 1.32 bits per heavy atom. The third-order valence-corrected chi connectivity index (χ3v) is 3.84. The molecule has 0 unspecified atom stereocenters. The number of hydrogen-bond donors (Lipinski definition) is 2. The highest BCUT2D eigenvalue weighted by Crippen LogP contribution is 2.23. The van der Waals surface area contributed by atoms with Crippen LogP contribution in [-0.4, -0.2) is 25.8 Å². The minimum atomic E-state index is -0.317. The molecular weight excluding hydrogens is 320 g/mol. The van der Waals surface area contributed by atoms with Gasteiger partial charge in [-0.2, -0.15) is 0 Å².